The molecule has 3 aromatic rings. The van der Waals surface area contributed by atoms with E-state index in [2.05, 4.69) is 20.9 Å². The summed E-state index contributed by atoms with van der Waals surface area (Å²) in [5.74, 6) is 0.920. The van der Waals surface area contributed by atoms with Gasteiger partial charge in [-0.05, 0) is 46.6 Å². The van der Waals surface area contributed by atoms with Gasteiger partial charge in [0, 0.05) is 12.7 Å². The molecule has 0 N–H and O–H groups in total. The molecule has 3 rings (SSSR count). The van der Waals surface area contributed by atoms with E-state index in [-0.39, 0.29) is 5.91 Å². The summed E-state index contributed by atoms with van der Waals surface area (Å²) in [6, 6.07) is 11.3. The van der Waals surface area contributed by atoms with Gasteiger partial charge in [0.1, 0.15) is 0 Å². The van der Waals surface area contributed by atoms with Crippen LogP contribution in [0.1, 0.15) is 23.7 Å². The molecule has 0 aliphatic carbocycles. The van der Waals surface area contributed by atoms with Gasteiger partial charge in [0.2, 0.25) is 0 Å². The van der Waals surface area contributed by atoms with E-state index in [4.69, 9.17) is 14.2 Å². The molecule has 1 aromatic heterocycles. The van der Waals surface area contributed by atoms with Gasteiger partial charge in [-0.2, -0.15) is 0 Å². The lowest BCUT2D eigenvalue weighted by Crippen LogP contribution is -2.34. The second kappa shape index (κ2) is 10.0. The van der Waals surface area contributed by atoms with Gasteiger partial charge in [0.25, 0.3) is 5.91 Å². The van der Waals surface area contributed by atoms with Crippen molar-refractivity contribution in [2.75, 3.05) is 38.9 Å². The minimum Gasteiger partial charge on any atom is -0.493 e. The number of fused-ring (bicyclic) bond motifs is 1. The molecule has 2 aromatic carbocycles. The number of carbonyl (C=O) groups excluding carboxylic acids is 1. The smallest absolute Gasteiger partial charge is 0.260 e. The van der Waals surface area contributed by atoms with Crippen LogP contribution in [0.4, 0.5) is 5.13 Å². The Morgan fingerprint density at radius 1 is 1.21 bits per heavy atom. The van der Waals surface area contributed by atoms with Crippen molar-refractivity contribution in [2.24, 2.45) is 0 Å². The highest BCUT2D eigenvalue weighted by Gasteiger charge is 2.24. The van der Waals surface area contributed by atoms with E-state index in [1.807, 2.05) is 31.2 Å². The van der Waals surface area contributed by atoms with Crippen molar-refractivity contribution in [1.82, 2.24) is 4.98 Å². The van der Waals surface area contributed by atoms with Crippen molar-refractivity contribution >= 4 is 48.5 Å². The van der Waals surface area contributed by atoms with Crippen LogP contribution >= 0.6 is 27.3 Å². The molecule has 29 heavy (non-hydrogen) atoms. The number of nitrogens with zero attached hydrogens (tertiary/aromatic N) is 2. The summed E-state index contributed by atoms with van der Waals surface area (Å²) in [5.41, 5.74) is 1.35. The molecule has 0 saturated heterocycles. The first-order chi connectivity index (χ1) is 14.1. The zero-order chi connectivity index (χ0) is 20.8. The minimum atomic E-state index is -0.179. The van der Waals surface area contributed by atoms with Gasteiger partial charge in [0.15, 0.2) is 16.6 Å². The molecule has 0 radical (unpaired) electrons. The molecular weight excluding hydrogens is 456 g/mol. The summed E-state index contributed by atoms with van der Waals surface area (Å²) in [5, 5.41) is 0.634. The first-order valence-electron chi connectivity index (χ1n) is 9.25. The Hall–Kier alpha value is -2.16. The van der Waals surface area contributed by atoms with E-state index in [0.29, 0.717) is 46.4 Å². The molecule has 6 nitrogen and oxygen atoms in total. The summed E-state index contributed by atoms with van der Waals surface area (Å²) < 4.78 is 18.1. The number of ether oxygens (including phenoxy) is 3. The molecule has 0 aliphatic heterocycles. The molecule has 1 amide bonds. The molecule has 0 fully saturated rings. The first-order valence-corrected chi connectivity index (χ1v) is 10.9. The molecule has 1 heterocycles. The number of hydrogen-bond acceptors (Lipinski definition) is 6. The topological polar surface area (TPSA) is 60.9 Å². The quantitative estimate of drug-likeness (QED) is 0.425. The van der Waals surface area contributed by atoms with Crippen molar-refractivity contribution in [2.45, 2.75) is 13.3 Å². The largest absolute Gasteiger partial charge is 0.493 e. The monoisotopic (exact) mass is 478 g/mol. The fourth-order valence-electron chi connectivity index (χ4n) is 2.79. The molecule has 0 bridgehead atoms. The third kappa shape index (κ3) is 4.88. The van der Waals surface area contributed by atoms with Gasteiger partial charge in [0.05, 0.1) is 41.6 Å². The molecule has 0 spiro atoms. The predicted molar refractivity (Wildman–Crippen MR) is 120 cm³/mol. The van der Waals surface area contributed by atoms with Crippen LogP contribution in [0.3, 0.4) is 0 Å². The van der Waals surface area contributed by atoms with Gasteiger partial charge in [-0.15, -0.1) is 0 Å². The van der Waals surface area contributed by atoms with Gasteiger partial charge in [-0.3, -0.25) is 9.69 Å². The van der Waals surface area contributed by atoms with Crippen molar-refractivity contribution in [3.05, 3.63) is 46.4 Å². The maximum absolute atomic E-state index is 13.4. The maximum Gasteiger partial charge on any atom is 0.260 e. The summed E-state index contributed by atoms with van der Waals surface area (Å²) >= 11 is 4.99. The SMILES string of the molecule is CCCOc1c(Br)cc(C(=O)N(CCOC)c2nc3ccccc3s2)cc1OC. The van der Waals surface area contributed by atoms with Crippen molar-refractivity contribution in [3.63, 3.8) is 0 Å². The maximum atomic E-state index is 13.4. The number of aromatic nitrogens is 1. The standard InChI is InChI=1S/C21H23BrN2O4S/c1-4-10-28-19-15(22)12-14(13-17(19)27-3)20(25)24(9-11-26-2)21-23-16-7-5-6-8-18(16)29-21/h5-8,12-13H,4,9-11H2,1-3H3. The normalized spacial score (nSPS) is 10.9. The number of thiazole rings is 1. The molecule has 8 heteroatoms. The van der Waals surface area contributed by atoms with Gasteiger partial charge in [-0.1, -0.05) is 30.4 Å². The van der Waals surface area contributed by atoms with Crippen LogP contribution < -0.4 is 14.4 Å². The summed E-state index contributed by atoms with van der Waals surface area (Å²) in [7, 11) is 3.17. The minimum absolute atomic E-state index is 0.179. The Labute approximate surface area is 182 Å². The van der Waals surface area contributed by atoms with E-state index >= 15 is 0 Å². The van der Waals surface area contributed by atoms with E-state index in [1.165, 1.54) is 11.3 Å². The number of methoxy groups -OCH3 is 2. The first kappa shape index (κ1) is 21.5. The highest BCUT2D eigenvalue weighted by molar-refractivity contribution is 9.10. The van der Waals surface area contributed by atoms with Crippen molar-refractivity contribution < 1.29 is 19.0 Å². The zero-order valence-electron chi connectivity index (χ0n) is 16.6. The highest BCUT2D eigenvalue weighted by atomic mass is 79.9. The number of hydrogen-bond donors (Lipinski definition) is 0. The number of carbonyl (C=O) groups is 1. The van der Waals surface area contributed by atoms with E-state index in [9.17, 15) is 4.79 Å². The second-order valence-electron chi connectivity index (χ2n) is 6.25. The number of para-hydroxylation sites is 1. The van der Waals surface area contributed by atoms with Gasteiger partial charge in [-0.25, -0.2) is 4.98 Å². The van der Waals surface area contributed by atoms with E-state index < -0.39 is 0 Å². The number of halogens is 1. The van der Waals surface area contributed by atoms with E-state index in [1.54, 1.807) is 31.3 Å². The van der Waals surface area contributed by atoms with Crippen LogP contribution in [-0.4, -0.2) is 44.9 Å². The van der Waals surface area contributed by atoms with Crippen LogP contribution in [0, 0.1) is 0 Å². The number of amides is 1. The molecular formula is C21H23BrN2O4S. The Morgan fingerprint density at radius 3 is 2.69 bits per heavy atom. The molecule has 0 aliphatic rings. The average molecular weight is 479 g/mol. The number of anilines is 1. The Bertz CT molecular complexity index is 959. The molecule has 154 valence electrons. The van der Waals surface area contributed by atoms with Crippen LogP contribution in [0.5, 0.6) is 11.5 Å². The van der Waals surface area contributed by atoms with Crippen LogP contribution in [0.15, 0.2) is 40.9 Å². The fourth-order valence-corrected chi connectivity index (χ4v) is 4.33. The van der Waals surface area contributed by atoms with Gasteiger partial charge >= 0.3 is 0 Å². The van der Waals surface area contributed by atoms with Crippen LogP contribution in [-0.2, 0) is 4.74 Å². The molecule has 0 unspecified atom stereocenters. The number of rotatable bonds is 9. The predicted octanol–water partition coefficient (Wildman–Crippen LogP) is 5.15. The lowest BCUT2D eigenvalue weighted by atomic mass is 10.1. The lowest BCUT2D eigenvalue weighted by molar-refractivity contribution is 0.0975. The van der Waals surface area contributed by atoms with Crippen LogP contribution in [0.2, 0.25) is 0 Å². The average Bonchev–Trinajstić information content (AvgIpc) is 3.16. The third-order valence-corrected chi connectivity index (χ3v) is 5.85. The second-order valence-corrected chi connectivity index (χ2v) is 8.12. The van der Waals surface area contributed by atoms with E-state index in [0.717, 1.165) is 16.6 Å². The highest BCUT2D eigenvalue weighted by Crippen LogP contribution is 2.38. The Balaban J connectivity index is 1.98. The van der Waals surface area contributed by atoms with Gasteiger partial charge < -0.3 is 14.2 Å². The summed E-state index contributed by atoms with van der Waals surface area (Å²) in [4.78, 5) is 19.7. The lowest BCUT2D eigenvalue weighted by Gasteiger charge is -2.21. The molecule has 0 saturated carbocycles. The van der Waals surface area contributed by atoms with Crippen molar-refractivity contribution in [1.29, 1.82) is 0 Å². The summed E-state index contributed by atoms with van der Waals surface area (Å²) in [6.45, 7) is 3.39. The number of benzene rings is 2. The molecule has 0 atom stereocenters. The van der Waals surface area contributed by atoms with Crippen molar-refractivity contribution in [3.8, 4) is 11.5 Å². The Kier molecular flexibility index (Phi) is 7.46. The summed E-state index contributed by atoms with van der Waals surface area (Å²) in [6.07, 6.45) is 0.874. The third-order valence-electron chi connectivity index (χ3n) is 4.20. The zero-order valence-corrected chi connectivity index (χ0v) is 19.0. The van der Waals surface area contributed by atoms with Crippen LogP contribution in [0.25, 0.3) is 10.2 Å². The Morgan fingerprint density at radius 2 is 2.00 bits per heavy atom. The fraction of sp³-hybridized carbons (Fsp3) is 0.333.